The minimum absolute atomic E-state index is 0.418. The Morgan fingerprint density at radius 2 is 1.92 bits per heavy atom. The standard InChI is InChI=1S/C8H21N2O2Si/c1-8(10,6-4-5-7-9)13(11-2)12-3/h6,13H,4-5,7,9-10H2,1-3H3. The van der Waals surface area contributed by atoms with E-state index in [1.807, 2.05) is 13.3 Å². The maximum Gasteiger partial charge on any atom is 0.341 e. The van der Waals surface area contributed by atoms with Gasteiger partial charge in [0.25, 0.3) is 0 Å². The largest absolute Gasteiger partial charge is 0.399 e. The first-order valence-corrected chi connectivity index (χ1v) is 5.99. The molecular weight excluding hydrogens is 184 g/mol. The zero-order chi connectivity index (χ0) is 10.3. The highest BCUT2D eigenvalue weighted by Gasteiger charge is 2.33. The van der Waals surface area contributed by atoms with Crippen molar-refractivity contribution in [2.45, 2.75) is 24.9 Å². The summed E-state index contributed by atoms with van der Waals surface area (Å²) in [6.07, 6.45) is 3.92. The minimum atomic E-state index is -1.76. The fourth-order valence-corrected chi connectivity index (χ4v) is 2.80. The van der Waals surface area contributed by atoms with Crippen molar-refractivity contribution in [3.05, 3.63) is 6.42 Å². The second-order valence-corrected chi connectivity index (χ2v) is 6.16. The van der Waals surface area contributed by atoms with Crippen molar-refractivity contribution in [1.82, 2.24) is 0 Å². The molecule has 1 atom stereocenters. The molecule has 0 rings (SSSR count). The molecule has 0 saturated carbocycles. The van der Waals surface area contributed by atoms with E-state index in [0.717, 1.165) is 12.8 Å². The molecule has 0 aliphatic carbocycles. The molecule has 4 N–H and O–H groups in total. The number of unbranched alkanes of at least 4 members (excludes halogenated alkanes) is 1. The zero-order valence-corrected chi connectivity index (χ0v) is 9.90. The van der Waals surface area contributed by atoms with Crippen LogP contribution in [-0.2, 0) is 8.85 Å². The Bertz CT molecular complexity index is 129. The number of hydrogen-bond donors (Lipinski definition) is 2. The Hall–Kier alpha value is 0.0569. The maximum atomic E-state index is 6.04. The first-order chi connectivity index (χ1) is 6.08. The van der Waals surface area contributed by atoms with Gasteiger partial charge in [0, 0.05) is 14.2 Å². The first kappa shape index (κ1) is 13.1. The minimum Gasteiger partial charge on any atom is -0.399 e. The van der Waals surface area contributed by atoms with Crippen LogP contribution >= 0.6 is 0 Å². The molecule has 0 heterocycles. The van der Waals surface area contributed by atoms with Gasteiger partial charge in [0.15, 0.2) is 0 Å². The highest BCUT2D eigenvalue weighted by molar-refractivity contribution is 6.49. The van der Waals surface area contributed by atoms with Crippen molar-refractivity contribution in [1.29, 1.82) is 0 Å². The van der Waals surface area contributed by atoms with Crippen molar-refractivity contribution in [3.8, 4) is 0 Å². The molecule has 0 aromatic carbocycles. The molecule has 0 spiro atoms. The second kappa shape index (κ2) is 6.50. The molecule has 1 unspecified atom stereocenters. The first-order valence-electron chi connectivity index (χ1n) is 4.47. The Morgan fingerprint density at radius 1 is 1.38 bits per heavy atom. The molecule has 0 aromatic heterocycles. The third-order valence-electron chi connectivity index (χ3n) is 1.93. The van der Waals surface area contributed by atoms with Crippen LogP contribution in [0.3, 0.4) is 0 Å². The molecular formula is C8H21N2O2Si. The van der Waals surface area contributed by atoms with Crippen molar-refractivity contribution in [2.75, 3.05) is 20.8 Å². The van der Waals surface area contributed by atoms with Crippen LogP contribution in [0.2, 0.25) is 0 Å². The summed E-state index contributed by atoms with van der Waals surface area (Å²) in [7, 11) is 1.52. The zero-order valence-electron chi connectivity index (χ0n) is 8.75. The lowest BCUT2D eigenvalue weighted by Gasteiger charge is -2.29. The van der Waals surface area contributed by atoms with E-state index in [4.69, 9.17) is 20.3 Å². The molecule has 0 bridgehead atoms. The van der Waals surface area contributed by atoms with Gasteiger partial charge in [0.2, 0.25) is 0 Å². The second-order valence-electron chi connectivity index (χ2n) is 3.30. The summed E-state index contributed by atoms with van der Waals surface area (Å²) in [6.45, 7) is 2.63. The van der Waals surface area contributed by atoms with Gasteiger partial charge in [-0.05, 0) is 32.7 Å². The fourth-order valence-electron chi connectivity index (χ4n) is 1.23. The lowest BCUT2D eigenvalue weighted by Crippen LogP contribution is -2.54. The van der Waals surface area contributed by atoms with Gasteiger partial charge in [0.05, 0.1) is 5.16 Å². The van der Waals surface area contributed by atoms with Gasteiger partial charge >= 0.3 is 9.28 Å². The van der Waals surface area contributed by atoms with Crippen LogP contribution in [-0.4, -0.2) is 35.2 Å². The highest BCUT2D eigenvalue weighted by atomic mass is 28.3. The molecule has 4 nitrogen and oxygen atoms in total. The number of nitrogens with two attached hydrogens (primary N) is 2. The van der Waals surface area contributed by atoms with E-state index >= 15 is 0 Å². The number of hydrogen-bond acceptors (Lipinski definition) is 4. The summed E-state index contributed by atoms with van der Waals surface area (Å²) in [6, 6.07) is 0. The summed E-state index contributed by atoms with van der Waals surface area (Å²) in [5.41, 5.74) is 11.4. The van der Waals surface area contributed by atoms with Crippen LogP contribution < -0.4 is 11.5 Å². The van der Waals surface area contributed by atoms with Gasteiger partial charge in [-0.1, -0.05) is 0 Å². The third-order valence-corrected chi connectivity index (χ3v) is 4.04. The lowest BCUT2D eigenvalue weighted by molar-refractivity contribution is 0.252. The van der Waals surface area contributed by atoms with E-state index in [1.165, 1.54) is 0 Å². The quantitative estimate of drug-likeness (QED) is 0.442. The van der Waals surface area contributed by atoms with Gasteiger partial charge in [-0.2, -0.15) is 0 Å². The topological polar surface area (TPSA) is 70.5 Å². The third kappa shape index (κ3) is 4.73. The summed E-state index contributed by atoms with van der Waals surface area (Å²) in [4.78, 5) is 0. The van der Waals surface area contributed by atoms with E-state index in [1.54, 1.807) is 14.2 Å². The van der Waals surface area contributed by atoms with Crippen LogP contribution in [0.4, 0.5) is 0 Å². The smallest absolute Gasteiger partial charge is 0.341 e. The molecule has 79 valence electrons. The normalized spacial score (nSPS) is 16.2. The molecule has 1 radical (unpaired) electrons. The molecule has 0 amide bonds. The monoisotopic (exact) mass is 205 g/mol. The molecule has 0 fully saturated rings. The Kier molecular flexibility index (Phi) is 6.53. The molecule has 0 aliphatic heterocycles. The molecule has 0 aliphatic rings. The fraction of sp³-hybridized carbons (Fsp3) is 0.875. The lowest BCUT2D eigenvalue weighted by atomic mass is 10.1. The van der Waals surface area contributed by atoms with Gasteiger partial charge in [0.1, 0.15) is 0 Å². The predicted octanol–water partition coefficient (Wildman–Crippen LogP) is -0.301. The van der Waals surface area contributed by atoms with E-state index in [0.29, 0.717) is 6.54 Å². The molecule has 5 heteroatoms. The van der Waals surface area contributed by atoms with E-state index < -0.39 is 14.4 Å². The van der Waals surface area contributed by atoms with Crippen molar-refractivity contribution < 1.29 is 8.85 Å². The Balaban J connectivity index is 3.88. The van der Waals surface area contributed by atoms with Crippen LogP contribution in [0.5, 0.6) is 0 Å². The summed E-state index contributed by atoms with van der Waals surface area (Å²) in [5.74, 6) is 0. The SMILES string of the molecule is CO[SiH](OC)C(C)(N)[CH]CCCN. The van der Waals surface area contributed by atoms with Crippen LogP contribution in [0.15, 0.2) is 0 Å². The molecule has 13 heavy (non-hydrogen) atoms. The van der Waals surface area contributed by atoms with Gasteiger partial charge in [-0.3, -0.25) is 0 Å². The van der Waals surface area contributed by atoms with Crippen LogP contribution in [0.1, 0.15) is 19.8 Å². The van der Waals surface area contributed by atoms with Crippen LogP contribution in [0.25, 0.3) is 0 Å². The average molecular weight is 205 g/mol. The Morgan fingerprint density at radius 3 is 2.31 bits per heavy atom. The van der Waals surface area contributed by atoms with Gasteiger partial charge in [-0.15, -0.1) is 0 Å². The summed E-state index contributed by atoms with van der Waals surface area (Å²) in [5, 5.41) is -0.418. The Labute approximate surface area is 82.4 Å². The van der Waals surface area contributed by atoms with Gasteiger partial charge < -0.3 is 20.3 Å². The molecule has 0 aromatic rings. The van der Waals surface area contributed by atoms with E-state index in [2.05, 4.69) is 0 Å². The number of rotatable bonds is 7. The van der Waals surface area contributed by atoms with E-state index in [9.17, 15) is 0 Å². The van der Waals surface area contributed by atoms with Crippen molar-refractivity contribution in [3.63, 3.8) is 0 Å². The predicted molar refractivity (Wildman–Crippen MR) is 56.3 cm³/mol. The summed E-state index contributed by atoms with van der Waals surface area (Å²) < 4.78 is 10.4. The van der Waals surface area contributed by atoms with E-state index in [-0.39, 0.29) is 0 Å². The maximum absolute atomic E-state index is 6.04. The van der Waals surface area contributed by atoms with Crippen molar-refractivity contribution in [2.24, 2.45) is 11.5 Å². The van der Waals surface area contributed by atoms with Crippen LogP contribution in [0, 0.1) is 6.42 Å². The summed E-state index contributed by atoms with van der Waals surface area (Å²) >= 11 is 0. The highest BCUT2D eigenvalue weighted by Crippen LogP contribution is 2.13. The van der Waals surface area contributed by atoms with Crippen molar-refractivity contribution >= 4 is 9.28 Å². The molecule has 0 saturated heterocycles. The van der Waals surface area contributed by atoms with Gasteiger partial charge in [-0.25, -0.2) is 0 Å². The average Bonchev–Trinajstić information content (AvgIpc) is 2.06.